The molecule has 0 amide bonds. The van der Waals surface area contributed by atoms with Crippen LogP contribution in [0.3, 0.4) is 0 Å². The Labute approximate surface area is 116 Å². The second-order valence-electron chi connectivity index (χ2n) is 4.14. The summed E-state index contributed by atoms with van der Waals surface area (Å²) in [6.45, 7) is 4.22. The number of nitriles is 1. The number of hydrogen-bond acceptors (Lipinski definition) is 3. The number of aryl methyl sites for hydroxylation is 1. The van der Waals surface area contributed by atoms with Crippen molar-refractivity contribution in [3.63, 3.8) is 0 Å². The lowest BCUT2D eigenvalue weighted by atomic mass is 10.1. The Morgan fingerprint density at radius 3 is 2.72 bits per heavy atom. The van der Waals surface area contributed by atoms with E-state index in [2.05, 4.69) is 36.7 Å². The molecule has 0 fully saturated rings. The van der Waals surface area contributed by atoms with Crippen molar-refractivity contribution in [2.75, 3.05) is 5.32 Å². The summed E-state index contributed by atoms with van der Waals surface area (Å²) < 4.78 is 0. The molecule has 1 atom stereocenters. The van der Waals surface area contributed by atoms with Crippen molar-refractivity contribution in [2.45, 2.75) is 19.9 Å². The Hall–Kier alpha value is -1.50. The molecule has 1 N–H and O–H groups in total. The lowest BCUT2D eigenvalue weighted by Crippen LogP contribution is -2.06. The zero-order chi connectivity index (χ0) is 13.1. The quantitative estimate of drug-likeness (QED) is 0.878. The van der Waals surface area contributed by atoms with Gasteiger partial charge >= 0.3 is 0 Å². The summed E-state index contributed by atoms with van der Waals surface area (Å²) >= 11 is 7.75. The van der Waals surface area contributed by atoms with Crippen LogP contribution < -0.4 is 5.32 Å². The number of rotatable bonds is 3. The van der Waals surface area contributed by atoms with Crippen LogP contribution in [0.2, 0.25) is 5.02 Å². The van der Waals surface area contributed by atoms with Gasteiger partial charge in [-0.2, -0.15) is 5.26 Å². The highest BCUT2D eigenvalue weighted by molar-refractivity contribution is 7.10. The minimum atomic E-state index is 0.231. The number of anilines is 1. The molecule has 0 radical (unpaired) electrons. The van der Waals surface area contributed by atoms with E-state index < -0.39 is 0 Å². The van der Waals surface area contributed by atoms with Gasteiger partial charge in [-0.1, -0.05) is 11.6 Å². The van der Waals surface area contributed by atoms with Crippen LogP contribution in [-0.4, -0.2) is 0 Å². The number of hydrogen-bond donors (Lipinski definition) is 1. The number of halogens is 1. The van der Waals surface area contributed by atoms with Crippen LogP contribution in [0.15, 0.2) is 29.6 Å². The number of nitrogens with one attached hydrogen (secondary N) is 1. The predicted octanol–water partition coefficient (Wildman–Crippen LogP) is 4.75. The first-order valence-corrected chi connectivity index (χ1v) is 6.87. The van der Waals surface area contributed by atoms with Crippen molar-refractivity contribution < 1.29 is 0 Å². The largest absolute Gasteiger partial charge is 0.378 e. The number of benzene rings is 1. The summed E-state index contributed by atoms with van der Waals surface area (Å²) in [7, 11) is 0. The van der Waals surface area contributed by atoms with Gasteiger partial charge in [-0.05, 0) is 49.1 Å². The molecular weight excluding hydrogens is 264 g/mol. The lowest BCUT2D eigenvalue weighted by Gasteiger charge is -2.15. The highest BCUT2D eigenvalue weighted by Gasteiger charge is 2.10. The van der Waals surface area contributed by atoms with Crippen LogP contribution in [0.25, 0.3) is 0 Å². The molecule has 0 spiro atoms. The smallest absolute Gasteiger partial charge is 0.101 e. The van der Waals surface area contributed by atoms with Crippen LogP contribution in [0, 0.1) is 18.3 Å². The number of thiophene rings is 1. The molecule has 18 heavy (non-hydrogen) atoms. The van der Waals surface area contributed by atoms with E-state index in [4.69, 9.17) is 16.9 Å². The highest BCUT2D eigenvalue weighted by Crippen LogP contribution is 2.28. The molecule has 2 rings (SSSR count). The summed E-state index contributed by atoms with van der Waals surface area (Å²) in [5.74, 6) is 0. The van der Waals surface area contributed by atoms with Gasteiger partial charge in [0.25, 0.3) is 0 Å². The summed E-state index contributed by atoms with van der Waals surface area (Å²) in [5, 5.41) is 14.8. The van der Waals surface area contributed by atoms with Gasteiger partial charge in [-0.15, -0.1) is 11.3 Å². The lowest BCUT2D eigenvalue weighted by molar-refractivity contribution is 0.899. The third-order valence-corrected chi connectivity index (χ3v) is 4.28. The first kappa shape index (κ1) is 12.9. The first-order chi connectivity index (χ1) is 8.61. The molecule has 1 heterocycles. The molecule has 0 bridgehead atoms. The van der Waals surface area contributed by atoms with Gasteiger partial charge in [0.05, 0.1) is 16.6 Å². The van der Waals surface area contributed by atoms with Crippen molar-refractivity contribution in [2.24, 2.45) is 0 Å². The Kier molecular flexibility index (Phi) is 3.90. The Morgan fingerprint density at radius 2 is 2.17 bits per heavy atom. The molecule has 92 valence electrons. The van der Waals surface area contributed by atoms with E-state index in [9.17, 15) is 0 Å². The van der Waals surface area contributed by atoms with Crippen molar-refractivity contribution in [3.05, 3.63) is 50.7 Å². The topological polar surface area (TPSA) is 35.8 Å². The van der Waals surface area contributed by atoms with Crippen LogP contribution in [0.4, 0.5) is 5.69 Å². The summed E-state index contributed by atoms with van der Waals surface area (Å²) in [4.78, 5) is 1.32. The van der Waals surface area contributed by atoms with E-state index >= 15 is 0 Å². The molecule has 4 heteroatoms. The van der Waals surface area contributed by atoms with Gasteiger partial charge in [0.15, 0.2) is 0 Å². The van der Waals surface area contributed by atoms with E-state index in [-0.39, 0.29) is 6.04 Å². The Morgan fingerprint density at radius 1 is 1.39 bits per heavy atom. The summed E-state index contributed by atoms with van der Waals surface area (Å²) in [5.41, 5.74) is 2.72. The third-order valence-electron chi connectivity index (χ3n) is 2.77. The molecule has 0 aliphatic carbocycles. The average molecular weight is 277 g/mol. The third kappa shape index (κ3) is 2.66. The van der Waals surface area contributed by atoms with E-state index in [1.165, 1.54) is 10.4 Å². The van der Waals surface area contributed by atoms with Crippen molar-refractivity contribution >= 4 is 28.6 Å². The SMILES string of the molecule is Cc1ccsc1C(C)Nc1ccc(C#N)c(Cl)c1. The molecular formula is C14H13ClN2S. The van der Waals surface area contributed by atoms with Crippen molar-refractivity contribution in [3.8, 4) is 6.07 Å². The van der Waals surface area contributed by atoms with E-state index in [1.807, 2.05) is 6.07 Å². The zero-order valence-corrected chi connectivity index (χ0v) is 11.8. The standard InChI is InChI=1S/C14H13ClN2S/c1-9-5-6-18-14(9)10(2)17-12-4-3-11(8-16)13(15)7-12/h3-7,10,17H,1-2H3. The van der Waals surface area contributed by atoms with Crippen LogP contribution >= 0.6 is 22.9 Å². The fourth-order valence-electron chi connectivity index (χ4n) is 1.84. The molecule has 0 saturated carbocycles. The van der Waals surface area contributed by atoms with Gasteiger partial charge in [0.2, 0.25) is 0 Å². The average Bonchev–Trinajstić information content (AvgIpc) is 2.76. The second-order valence-corrected chi connectivity index (χ2v) is 5.50. The second kappa shape index (κ2) is 5.43. The van der Waals surface area contributed by atoms with Gasteiger partial charge in [0, 0.05) is 10.6 Å². The van der Waals surface area contributed by atoms with E-state index in [0.29, 0.717) is 10.6 Å². The molecule has 0 saturated heterocycles. The molecule has 1 unspecified atom stereocenters. The van der Waals surface area contributed by atoms with Crippen molar-refractivity contribution in [1.82, 2.24) is 0 Å². The monoisotopic (exact) mass is 276 g/mol. The molecule has 0 aliphatic rings. The molecule has 1 aromatic heterocycles. The van der Waals surface area contributed by atoms with Crippen LogP contribution in [-0.2, 0) is 0 Å². The minimum absolute atomic E-state index is 0.231. The fourth-order valence-corrected chi connectivity index (χ4v) is 3.00. The Bertz CT molecular complexity index is 598. The van der Waals surface area contributed by atoms with Gasteiger partial charge in [-0.3, -0.25) is 0 Å². The van der Waals surface area contributed by atoms with Crippen LogP contribution in [0.5, 0.6) is 0 Å². The maximum absolute atomic E-state index is 8.82. The maximum atomic E-state index is 8.82. The summed E-state index contributed by atoms with van der Waals surface area (Å²) in [6.07, 6.45) is 0. The number of nitrogens with zero attached hydrogens (tertiary/aromatic N) is 1. The molecule has 2 aromatic rings. The maximum Gasteiger partial charge on any atom is 0.101 e. The predicted molar refractivity (Wildman–Crippen MR) is 77.3 cm³/mol. The highest BCUT2D eigenvalue weighted by atomic mass is 35.5. The molecule has 0 aliphatic heterocycles. The molecule has 1 aromatic carbocycles. The summed E-state index contributed by atoms with van der Waals surface area (Å²) in [6, 6.07) is 9.81. The zero-order valence-electron chi connectivity index (χ0n) is 10.2. The minimum Gasteiger partial charge on any atom is -0.378 e. The van der Waals surface area contributed by atoms with Crippen LogP contribution in [0.1, 0.15) is 29.0 Å². The fraction of sp³-hybridized carbons (Fsp3) is 0.214. The van der Waals surface area contributed by atoms with E-state index in [1.54, 1.807) is 23.5 Å². The molecule has 2 nitrogen and oxygen atoms in total. The van der Waals surface area contributed by atoms with E-state index in [0.717, 1.165) is 5.69 Å². The normalized spacial score (nSPS) is 11.9. The Balaban J connectivity index is 2.18. The van der Waals surface area contributed by atoms with Crippen molar-refractivity contribution in [1.29, 1.82) is 5.26 Å². The van der Waals surface area contributed by atoms with Gasteiger partial charge < -0.3 is 5.32 Å². The van der Waals surface area contributed by atoms with Gasteiger partial charge in [-0.25, -0.2) is 0 Å². The first-order valence-electron chi connectivity index (χ1n) is 5.62. The van der Waals surface area contributed by atoms with Gasteiger partial charge in [0.1, 0.15) is 6.07 Å².